The highest BCUT2D eigenvalue weighted by atomic mass is 19.1. The van der Waals surface area contributed by atoms with Crippen LogP contribution in [0.4, 0.5) is 4.39 Å². The molecule has 0 saturated heterocycles. The lowest BCUT2D eigenvalue weighted by Gasteiger charge is -2.15. The summed E-state index contributed by atoms with van der Waals surface area (Å²) in [7, 11) is 5.39. The van der Waals surface area contributed by atoms with Gasteiger partial charge in [0, 0.05) is 13.6 Å². The smallest absolute Gasteiger partial charge is 0.123 e. The number of halogens is 1. The van der Waals surface area contributed by atoms with Gasteiger partial charge < -0.3 is 10.0 Å². The molecule has 0 bridgehead atoms. The lowest BCUT2D eigenvalue weighted by Crippen LogP contribution is -2.18. The third kappa shape index (κ3) is 3.13. The molecule has 71 valence electrons. The van der Waals surface area contributed by atoms with Crippen molar-refractivity contribution in [1.82, 2.24) is 4.90 Å². The number of aliphatic hydroxyl groups excluding tert-OH is 1. The molecule has 2 nitrogen and oxygen atoms in total. The van der Waals surface area contributed by atoms with Gasteiger partial charge in [0.1, 0.15) is 5.82 Å². The molecule has 1 aromatic rings. The molecule has 3 heteroatoms. The summed E-state index contributed by atoms with van der Waals surface area (Å²) in [6.07, 6.45) is -0.608. The van der Waals surface area contributed by atoms with Crippen molar-refractivity contribution in [3.05, 3.63) is 42.7 Å². The zero-order valence-electron chi connectivity index (χ0n) is 7.57. The molecule has 1 atom stereocenters. The molecule has 0 amide bonds. The monoisotopic (exact) mass is 182 g/mol. The summed E-state index contributed by atoms with van der Waals surface area (Å²) < 4.78 is 12.5. The van der Waals surface area contributed by atoms with E-state index in [1.165, 1.54) is 12.1 Å². The minimum Gasteiger partial charge on any atom is -0.387 e. The molecule has 1 unspecified atom stereocenters. The average molecular weight is 182 g/mol. The molecule has 1 aromatic carbocycles. The quantitative estimate of drug-likeness (QED) is 0.767. The highest BCUT2D eigenvalue weighted by Gasteiger charge is 2.07. The van der Waals surface area contributed by atoms with Crippen LogP contribution >= 0.6 is 0 Å². The summed E-state index contributed by atoms with van der Waals surface area (Å²) in [5.41, 5.74) is 0.705. The van der Waals surface area contributed by atoms with Crippen molar-refractivity contribution < 1.29 is 9.50 Å². The number of rotatable bonds is 3. The second-order valence-corrected chi connectivity index (χ2v) is 3.11. The zero-order chi connectivity index (χ0) is 9.84. The Morgan fingerprint density at radius 2 is 2.00 bits per heavy atom. The Morgan fingerprint density at radius 1 is 1.46 bits per heavy atom. The Kier molecular flexibility index (Phi) is 3.39. The predicted molar refractivity (Wildman–Crippen MR) is 49.3 cm³/mol. The lowest BCUT2D eigenvalue weighted by atomic mass is 10.1. The van der Waals surface area contributed by atoms with Crippen LogP contribution in [-0.4, -0.2) is 23.6 Å². The lowest BCUT2D eigenvalue weighted by molar-refractivity contribution is 0.144. The topological polar surface area (TPSA) is 23.5 Å². The van der Waals surface area contributed by atoms with Crippen LogP contribution in [0, 0.1) is 12.9 Å². The molecule has 0 aliphatic heterocycles. The van der Waals surface area contributed by atoms with Crippen LogP contribution in [-0.2, 0) is 0 Å². The summed E-state index contributed by atoms with van der Waals surface area (Å²) in [5, 5.41) is 9.58. The third-order valence-corrected chi connectivity index (χ3v) is 1.74. The SMILES string of the molecule is [CH2]N(C)CC(O)c1ccc(F)cc1. The number of hydrogen-bond donors (Lipinski definition) is 1. The van der Waals surface area contributed by atoms with Gasteiger partial charge >= 0.3 is 0 Å². The first-order valence-corrected chi connectivity index (χ1v) is 4.05. The van der Waals surface area contributed by atoms with Gasteiger partial charge in [0.05, 0.1) is 6.10 Å². The van der Waals surface area contributed by atoms with E-state index in [2.05, 4.69) is 7.05 Å². The van der Waals surface area contributed by atoms with Crippen LogP contribution < -0.4 is 0 Å². The normalized spacial score (nSPS) is 13.3. The van der Waals surface area contributed by atoms with Crippen LogP contribution in [0.5, 0.6) is 0 Å². The van der Waals surface area contributed by atoms with E-state index in [1.54, 1.807) is 24.1 Å². The molecule has 0 saturated carbocycles. The van der Waals surface area contributed by atoms with Gasteiger partial charge in [0.25, 0.3) is 0 Å². The van der Waals surface area contributed by atoms with E-state index < -0.39 is 6.10 Å². The van der Waals surface area contributed by atoms with Crippen molar-refractivity contribution in [2.24, 2.45) is 0 Å². The van der Waals surface area contributed by atoms with Crippen molar-refractivity contribution >= 4 is 0 Å². The molecule has 13 heavy (non-hydrogen) atoms. The fourth-order valence-corrected chi connectivity index (χ4v) is 1.09. The van der Waals surface area contributed by atoms with Gasteiger partial charge in [-0.3, -0.25) is 0 Å². The molecule has 0 aliphatic carbocycles. The predicted octanol–water partition coefficient (Wildman–Crippen LogP) is 1.58. The third-order valence-electron chi connectivity index (χ3n) is 1.74. The Balaban J connectivity index is 2.66. The zero-order valence-corrected chi connectivity index (χ0v) is 7.57. The molecule has 0 aliphatic rings. The van der Waals surface area contributed by atoms with E-state index >= 15 is 0 Å². The molecular formula is C10H13FNO. The van der Waals surface area contributed by atoms with Crippen molar-refractivity contribution in [2.75, 3.05) is 13.6 Å². The Labute approximate surface area is 77.6 Å². The summed E-state index contributed by atoms with van der Waals surface area (Å²) in [6, 6.07) is 5.82. The van der Waals surface area contributed by atoms with E-state index in [0.717, 1.165) is 0 Å². The largest absolute Gasteiger partial charge is 0.387 e. The fourth-order valence-electron chi connectivity index (χ4n) is 1.09. The van der Waals surface area contributed by atoms with E-state index in [9.17, 15) is 9.50 Å². The number of benzene rings is 1. The van der Waals surface area contributed by atoms with Gasteiger partial charge in [0.15, 0.2) is 0 Å². The van der Waals surface area contributed by atoms with Gasteiger partial charge in [-0.2, -0.15) is 0 Å². The average Bonchev–Trinajstić information content (AvgIpc) is 2.04. The Morgan fingerprint density at radius 3 is 2.46 bits per heavy atom. The van der Waals surface area contributed by atoms with Gasteiger partial charge in [0.2, 0.25) is 0 Å². The van der Waals surface area contributed by atoms with Crippen molar-refractivity contribution in [3.63, 3.8) is 0 Å². The first kappa shape index (κ1) is 10.2. The summed E-state index contributed by atoms with van der Waals surface area (Å²) in [6.45, 7) is 0.436. The van der Waals surface area contributed by atoms with E-state index in [4.69, 9.17) is 0 Å². The maximum absolute atomic E-state index is 12.5. The molecule has 0 aromatic heterocycles. The Bertz CT molecular complexity index is 258. The van der Waals surface area contributed by atoms with Gasteiger partial charge in [-0.15, -0.1) is 0 Å². The van der Waals surface area contributed by atoms with Gasteiger partial charge in [-0.25, -0.2) is 4.39 Å². The van der Waals surface area contributed by atoms with Crippen molar-refractivity contribution in [1.29, 1.82) is 0 Å². The number of likely N-dealkylation sites (N-methyl/N-ethyl adjacent to an activating group) is 1. The maximum Gasteiger partial charge on any atom is 0.123 e. The van der Waals surface area contributed by atoms with Crippen LogP contribution in [0.2, 0.25) is 0 Å². The van der Waals surface area contributed by atoms with Crippen LogP contribution in [0.3, 0.4) is 0 Å². The maximum atomic E-state index is 12.5. The van der Waals surface area contributed by atoms with Crippen LogP contribution in [0.25, 0.3) is 0 Å². The molecule has 0 fully saturated rings. The summed E-state index contributed by atoms with van der Waals surface area (Å²) in [5.74, 6) is -0.293. The molecule has 1 N–H and O–H groups in total. The highest BCUT2D eigenvalue weighted by molar-refractivity contribution is 5.18. The van der Waals surface area contributed by atoms with Crippen molar-refractivity contribution in [2.45, 2.75) is 6.10 Å². The fraction of sp³-hybridized carbons (Fsp3) is 0.300. The molecule has 0 spiro atoms. The number of nitrogens with zero attached hydrogens (tertiary/aromatic N) is 1. The van der Waals surface area contributed by atoms with Gasteiger partial charge in [-0.1, -0.05) is 12.1 Å². The van der Waals surface area contributed by atoms with E-state index in [1.807, 2.05) is 0 Å². The molecule has 1 radical (unpaired) electrons. The molecule has 1 rings (SSSR count). The minimum absolute atomic E-state index is 0.293. The molecule has 0 heterocycles. The number of hydrogen-bond acceptors (Lipinski definition) is 2. The second kappa shape index (κ2) is 4.35. The minimum atomic E-state index is -0.608. The summed E-state index contributed by atoms with van der Waals surface area (Å²) in [4.78, 5) is 1.63. The van der Waals surface area contributed by atoms with Crippen LogP contribution in [0.1, 0.15) is 11.7 Å². The highest BCUT2D eigenvalue weighted by Crippen LogP contribution is 2.13. The first-order valence-electron chi connectivity index (χ1n) is 4.05. The Hall–Kier alpha value is -0.930. The van der Waals surface area contributed by atoms with E-state index in [0.29, 0.717) is 12.1 Å². The summed E-state index contributed by atoms with van der Waals surface area (Å²) >= 11 is 0. The second-order valence-electron chi connectivity index (χ2n) is 3.11. The van der Waals surface area contributed by atoms with Crippen molar-refractivity contribution in [3.8, 4) is 0 Å². The first-order chi connectivity index (χ1) is 6.09. The van der Waals surface area contributed by atoms with Gasteiger partial charge in [-0.05, 0) is 24.7 Å². The van der Waals surface area contributed by atoms with E-state index in [-0.39, 0.29) is 5.82 Å². The molecular weight excluding hydrogens is 169 g/mol. The standard InChI is InChI=1S/C10H13FNO/c1-12(2)7-10(13)8-3-5-9(11)6-4-8/h3-6,10,13H,1,7H2,2H3. The number of aliphatic hydroxyl groups is 1. The van der Waals surface area contributed by atoms with Crippen LogP contribution in [0.15, 0.2) is 24.3 Å².